The molecule has 3 rings (SSSR count). The summed E-state index contributed by atoms with van der Waals surface area (Å²) in [7, 11) is 0. The summed E-state index contributed by atoms with van der Waals surface area (Å²) in [5.74, 6) is 0.499. The molecular formula is C20H22FNO3. The summed E-state index contributed by atoms with van der Waals surface area (Å²) in [4.78, 5) is 11.9. The van der Waals surface area contributed by atoms with Gasteiger partial charge in [0.25, 0.3) is 0 Å². The lowest BCUT2D eigenvalue weighted by Crippen LogP contribution is -2.27. The summed E-state index contributed by atoms with van der Waals surface area (Å²) >= 11 is 0. The van der Waals surface area contributed by atoms with Gasteiger partial charge in [-0.1, -0.05) is 12.1 Å². The van der Waals surface area contributed by atoms with E-state index in [0.29, 0.717) is 5.69 Å². The minimum atomic E-state index is -0.542. The van der Waals surface area contributed by atoms with Gasteiger partial charge in [0.1, 0.15) is 23.3 Å². The number of carbonyl (C=O) groups excluding carboxylic acids is 1. The smallest absolute Gasteiger partial charge is 0.412 e. The van der Waals surface area contributed by atoms with E-state index in [1.165, 1.54) is 12.1 Å². The number of hydrogen-bond acceptors (Lipinski definition) is 3. The van der Waals surface area contributed by atoms with Gasteiger partial charge in [-0.2, -0.15) is 0 Å². The van der Waals surface area contributed by atoms with Crippen LogP contribution in [0.4, 0.5) is 14.9 Å². The molecule has 2 aromatic rings. The molecule has 1 aliphatic heterocycles. The van der Waals surface area contributed by atoms with Crippen molar-refractivity contribution in [2.75, 3.05) is 5.32 Å². The van der Waals surface area contributed by atoms with Crippen LogP contribution in [0.1, 0.15) is 44.4 Å². The van der Waals surface area contributed by atoms with E-state index in [4.69, 9.17) is 9.47 Å². The zero-order chi connectivity index (χ0) is 18.0. The highest BCUT2D eigenvalue weighted by molar-refractivity contribution is 5.85. The molecule has 0 aliphatic carbocycles. The summed E-state index contributed by atoms with van der Waals surface area (Å²) in [6, 6.07) is 12.0. The van der Waals surface area contributed by atoms with Crippen molar-refractivity contribution in [1.29, 1.82) is 0 Å². The number of anilines is 1. The number of hydrogen-bond donors (Lipinski definition) is 1. The minimum absolute atomic E-state index is 0.159. The van der Waals surface area contributed by atoms with Crippen LogP contribution in [-0.4, -0.2) is 11.7 Å². The first-order valence-corrected chi connectivity index (χ1v) is 8.35. The van der Waals surface area contributed by atoms with Crippen LogP contribution in [0, 0.1) is 5.82 Å². The third-order valence-corrected chi connectivity index (χ3v) is 3.87. The van der Waals surface area contributed by atoms with Crippen LogP contribution < -0.4 is 10.1 Å². The molecular weight excluding hydrogens is 321 g/mol. The van der Waals surface area contributed by atoms with E-state index in [-0.39, 0.29) is 11.9 Å². The van der Waals surface area contributed by atoms with Gasteiger partial charge in [0.15, 0.2) is 0 Å². The van der Waals surface area contributed by atoms with Crippen LogP contribution in [0.5, 0.6) is 5.75 Å². The van der Waals surface area contributed by atoms with Crippen LogP contribution in [-0.2, 0) is 11.2 Å². The predicted octanol–water partition coefficient (Wildman–Crippen LogP) is 5.24. The Morgan fingerprint density at radius 3 is 2.76 bits per heavy atom. The first kappa shape index (κ1) is 17.3. The third-order valence-electron chi connectivity index (χ3n) is 3.87. The van der Waals surface area contributed by atoms with E-state index in [1.807, 2.05) is 39.0 Å². The SMILES string of the molecule is CC(C)(C)OC(=O)Nc1ccc2c(c1)CCC(c1cccc(F)c1)O2. The van der Waals surface area contributed by atoms with Crippen molar-refractivity contribution >= 4 is 11.8 Å². The van der Waals surface area contributed by atoms with E-state index in [1.54, 1.807) is 12.1 Å². The fourth-order valence-electron chi connectivity index (χ4n) is 2.83. The van der Waals surface area contributed by atoms with E-state index in [9.17, 15) is 9.18 Å². The fraction of sp³-hybridized carbons (Fsp3) is 0.350. The lowest BCUT2D eigenvalue weighted by Gasteiger charge is -2.27. The number of benzene rings is 2. The van der Waals surface area contributed by atoms with E-state index in [2.05, 4.69) is 5.32 Å². The Bertz CT molecular complexity index is 783. The van der Waals surface area contributed by atoms with Gasteiger partial charge >= 0.3 is 6.09 Å². The molecule has 25 heavy (non-hydrogen) atoms. The molecule has 1 amide bonds. The van der Waals surface area contributed by atoms with Crippen molar-refractivity contribution in [2.45, 2.75) is 45.3 Å². The van der Waals surface area contributed by atoms with Crippen molar-refractivity contribution in [3.05, 3.63) is 59.4 Å². The van der Waals surface area contributed by atoms with E-state index >= 15 is 0 Å². The second-order valence-corrected chi connectivity index (χ2v) is 7.15. The van der Waals surface area contributed by atoms with Crippen molar-refractivity contribution in [2.24, 2.45) is 0 Å². The van der Waals surface area contributed by atoms with Gasteiger partial charge in [-0.15, -0.1) is 0 Å². The number of rotatable bonds is 2. The fourth-order valence-corrected chi connectivity index (χ4v) is 2.83. The van der Waals surface area contributed by atoms with Crippen LogP contribution in [0.25, 0.3) is 0 Å². The molecule has 1 atom stereocenters. The van der Waals surface area contributed by atoms with Crippen molar-refractivity contribution < 1.29 is 18.7 Å². The Hall–Kier alpha value is -2.56. The maximum absolute atomic E-state index is 13.4. The molecule has 0 bridgehead atoms. The van der Waals surface area contributed by atoms with Gasteiger partial charge in [-0.25, -0.2) is 9.18 Å². The molecule has 1 N–H and O–H groups in total. The molecule has 5 heteroatoms. The highest BCUT2D eigenvalue weighted by Crippen LogP contribution is 2.36. The zero-order valence-electron chi connectivity index (χ0n) is 14.6. The van der Waals surface area contributed by atoms with Crippen molar-refractivity contribution in [3.63, 3.8) is 0 Å². The van der Waals surface area contributed by atoms with Gasteiger partial charge in [-0.3, -0.25) is 5.32 Å². The van der Waals surface area contributed by atoms with Crippen LogP contribution in [0.15, 0.2) is 42.5 Å². The molecule has 1 unspecified atom stereocenters. The number of aryl methyl sites for hydroxylation is 1. The monoisotopic (exact) mass is 343 g/mol. The summed E-state index contributed by atoms with van der Waals surface area (Å²) in [6.45, 7) is 5.46. The largest absolute Gasteiger partial charge is 0.485 e. The molecule has 0 fully saturated rings. The predicted molar refractivity (Wildman–Crippen MR) is 94.4 cm³/mol. The number of amides is 1. The summed E-state index contributed by atoms with van der Waals surface area (Å²) in [6.07, 6.45) is 0.904. The summed E-state index contributed by atoms with van der Waals surface area (Å²) in [5.41, 5.74) is 1.98. The molecule has 2 aromatic carbocycles. The Morgan fingerprint density at radius 2 is 2.04 bits per heavy atom. The Labute approximate surface area is 147 Å². The van der Waals surface area contributed by atoms with E-state index in [0.717, 1.165) is 29.7 Å². The molecule has 0 saturated carbocycles. The summed E-state index contributed by atoms with van der Waals surface area (Å²) < 4.78 is 24.7. The molecule has 0 aromatic heterocycles. The number of nitrogens with one attached hydrogen (secondary N) is 1. The number of fused-ring (bicyclic) bond motifs is 1. The maximum Gasteiger partial charge on any atom is 0.412 e. The highest BCUT2D eigenvalue weighted by atomic mass is 19.1. The van der Waals surface area contributed by atoms with Crippen LogP contribution >= 0.6 is 0 Å². The second-order valence-electron chi connectivity index (χ2n) is 7.15. The van der Waals surface area contributed by atoms with Gasteiger partial charge in [0, 0.05) is 5.69 Å². The Balaban J connectivity index is 1.70. The van der Waals surface area contributed by atoms with Gasteiger partial charge in [0.05, 0.1) is 0 Å². The van der Waals surface area contributed by atoms with Crippen molar-refractivity contribution in [3.8, 4) is 5.75 Å². The molecule has 0 spiro atoms. The van der Waals surface area contributed by atoms with E-state index < -0.39 is 11.7 Å². The third kappa shape index (κ3) is 4.50. The topological polar surface area (TPSA) is 47.6 Å². The lowest BCUT2D eigenvalue weighted by atomic mass is 9.97. The lowest BCUT2D eigenvalue weighted by molar-refractivity contribution is 0.0636. The average molecular weight is 343 g/mol. The molecule has 4 nitrogen and oxygen atoms in total. The van der Waals surface area contributed by atoms with Crippen molar-refractivity contribution in [1.82, 2.24) is 0 Å². The van der Waals surface area contributed by atoms with Crippen LogP contribution in [0.3, 0.4) is 0 Å². The molecule has 0 saturated heterocycles. The standard InChI is InChI=1S/C20H22FNO3/c1-20(2,3)25-19(23)22-16-8-10-18-14(12-16)7-9-17(24-18)13-5-4-6-15(21)11-13/h4-6,8,10-12,17H,7,9H2,1-3H3,(H,22,23). The minimum Gasteiger partial charge on any atom is -0.485 e. The Kier molecular flexibility index (Phi) is 4.66. The molecule has 0 radical (unpaired) electrons. The maximum atomic E-state index is 13.4. The number of carbonyl (C=O) groups is 1. The molecule has 1 aliphatic rings. The molecule has 132 valence electrons. The molecule has 1 heterocycles. The first-order valence-electron chi connectivity index (χ1n) is 8.35. The quantitative estimate of drug-likeness (QED) is 0.811. The number of ether oxygens (including phenoxy) is 2. The summed E-state index contributed by atoms with van der Waals surface area (Å²) in [5, 5.41) is 2.73. The average Bonchev–Trinajstić information content (AvgIpc) is 2.52. The normalized spacial score (nSPS) is 16.6. The number of halogens is 1. The Morgan fingerprint density at radius 1 is 1.24 bits per heavy atom. The zero-order valence-corrected chi connectivity index (χ0v) is 14.6. The van der Waals surface area contributed by atoms with Crippen LogP contribution in [0.2, 0.25) is 0 Å². The van der Waals surface area contributed by atoms with Gasteiger partial charge in [-0.05, 0) is 75.1 Å². The van der Waals surface area contributed by atoms with Gasteiger partial charge < -0.3 is 9.47 Å². The highest BCUT2D eigenvalue weighted by Gasteiger charge is 2.22. The first-order chi connectivity index (χ1) is 11.8. The second kappa shape index (κ2) is 6.75. The van der Waals surface area contributed by atoms with Gasteiger partial charge in [0.2, 0.25) is 0 Å².